The summed E-state index contributed by atoms with van der Waals surface area (Å²) in [7, 11) is 3.01. The van der Waals surface area contributed by atoms with Gasteiger partial charge in [0.05, 0.1) is 14.2 Å². The van der Waals surface area contributed by atoms with Crippen LogP contribution in [0, 0.1) is 6.92 Å². The van der Waals surface area contributed by atoms with E-state index in [0.717, 1.165) is 16.9 Å². The van der Waals surface area contributed by atoms with Crippen molar-refractivity contribution in [1.82, 2.24) is 0 Å². The number of methoxy groups -OCH3 is 2. The summed E-state index contributed by atoms with van der Waals surface area (Å²) in [6.07, 6.45) is 1.79. The number of carbonyl (C=O) groups is 1. The molecule has 0 radical (unpaired) electrons. The number of hydrogen-bond donors (Lipinski definition) is 0. The number of carbonyl (C=O) groups excluding carboxylic acids is 1. The van der Waals surface area contributed by atoms with Crippen LogP contribution < -0.4 is 4.74 Å². The molecule has 0 saturated carbocycles. The summed E-state index contributed by atoms with van der Waals surface area (Å²) < 4.78 is 9.79. The highest BCUT2D eigenvalue weighted by molar-refractivity contribution is 5.92. The van der Waals surface area contributed by atoms with Crippen LogP contribution in [-0.2, 0) is 9.53 Å². The Morgan fingerprint density at radius 1 is 1.31 bits per heavy atom. The Labute approximate surface area is 95.7 Å². The first kappa shape index (κ1) is 12.3. The third-order valence-electron chi connectivity index (χ3n) is 2.31. The van der Waals surface area contributed by atoms with E-state index in [1.54, 1.807) is 20.1 Å². The summed E-state index contributed by atoms with van der Waals surface area (Å²) in [5.74, 6) is 0.529. The molecule has 0 N–H and O–H groups in total. The van der Waals surface area contributed by atoms with E-state index in [1.165, 1.54) is 7.11 Å². The molecule has 16 heavy (non-hydrogen) atoms. The summed E-state index contributed by atoms with van der Waals surface area (Å²) in [5.41, 5.74) is 2.57. The molecule has 1 aromatic carbocycles. The standard InChI is InChI=1S/C13H16O3/c1-9-7-11(5-6-12(9)15-3)8-10(2)13(14)16-4/h5-8H,1-4H3/b10-8+. The van der Waals surface area contributed by atoms with Gasteiger partial charge in [0, 0.05) is 5.57 Å². The molecule has 0 aliphatic rings. The minimum absolute atomic E-state index is 0.312. The first-order chi connectivity index (χ1) is 7.58. The van der Waals surface area contributed by atoms with Crippen LogP contribution in [0.4, 0.5) is 0 Å². The molecule has 1 rings (SSSR count). The minimum atomic E-state index is -0.312. The van der Waals surface area contributed by atoms with E-state index in [9.17, 15) is 4.79 Å². The molecule has 0 saturated heterocycles. The Morgan fingerprint density at radius 3 is 2.50 bits per heavy atom. The second-order valence-electron chi connectivity index (χ2n) is 3.55. The van der Waals surface area contributed by atoms with Crippen molar-refractivity contribution in [1.29, 1.82) is 0 Å². The van der Waals surface area contributed by atoms with Crippen molar-refractivity contribution in [3.8, 4) is 5.75 Å². The lowest BCUT2D eigenvalue weighted by Crippen LogP contribution is -2.01. The van der Waals surface area contributed by atoms with Gasteiger partial charge in [0.15, 0.2) is 0 Å². The number of hydrogen-bond acceptors (Lipinski definition) is 3. The van der Waals surface area contributed by atoms with Crippen LogP contribution in [0.25, 0.3) is 6.08 Å². The first-order valence-electron chi connectivity index (χ1n) is 4.99. The van der Waals surface area contributed by atoms with Crippen molar-refractivity contribution in [3.05, 3.63) is 34.9 Å². The van der Waals surface area contributed by atoms with Gasteiger partial charge in [-0.2, -0.15) is 0 Å². The zero-order chi connectivity index (χ0) is 12.1. The summed E-state index contributed by atoms with van der Waals surface area (Å²) >= 11 is 0. The van der Waals surface area contributed by atoms with Gasteiger partial charge in [0.1, 0.15) is 5.75 Å². The van der Waals surface area contributed by atoms with Crippen LogP contribution in [0.15, 0.2) is 23.8 Å². The molecule has 86 valence electrons. The smallest absolute Gasteiger partial charge is 0.333 e. The lowest BCUT2D eigenvalue weighted by atomic mass is 10.1. The van der Waals surface area contributed by atoms with Crippen LogP contribution in [-0.4, -0.2) is 20.2 Å². The molecule has 1 aromatic rings. The highest BCUT2D eigenvalue weighted by atomic mass is 16.5. The van der Waals surface area contributed by atoms with Gasteiger partial charge in [-0.15, -0.1) is 0 Å². The maximum Gasteiger partial charge on any atom is 0.333 e. The molecule has 0 bridgehead atoms. The normalized spacial score (nSPS) is 11.1. The van der Waals surface area contributed by atoms with E-state index in [-0.39, 0.29) is 5.97 Å². The van der Waals surface area contributed by atoms with E-state index in [1.807, 2.05) is 25.1 Å². The quantitative estimate of drug-likeness (QED) is 0.580. The third-order valence-corrected chi connectivity index (χ3v) is 2.31. The van der Waals surface area contributed by atoms with Gasteiger partial charge in [-0.3, -0.25) is 0 Å². The molecule has 0 aliphatic carbocycles. The van der Waals surface area contributed by atoms with Crippen LogP contribution in [0.2, 0.25) is 0 Å². The zero-order valence-electron chi connectivity index (χ0n) is 10.0. The average molecular weight is 220 g/mol. The fourth-order valence-corrected chi connectivity index (χ4v) is 1.46. The monoisotopic (exact) mass is 220 g/mol. The third kappa shape index (κ3) is 2.86. The summed E-state index contributed by atoms with van der Waals surface area (Å²) in [5, 5.41) is 0. The second-order valence-corrected chi connectivity index (χ2v) is 3.55. The number of rotatable bonds is 3. The summed E-state index contributed by atoms with van der Waals surface area (Å²) in [6, 6.07) is 5.75. The number of ether oxygens (including phenoxy) is 2. The van der Waals surface area contributed by atoms with Crippen molar-refractivity contribution >= 4 is 12.0 Å². The maximum absolute atomic E-state index is 11.2. The number of esters is 1. The molecule has 0 unspecified atom stereocenters. The summed E-state index contributed by atoms with van der Waals surface area (Å²) in [6.45, 7) is 3.69. The molecule has 0 heterocycles. The largest absolute Gasteiger partial charge is 0.496 e. The molecule has 3 heteroatoms. The van der Waals surface area contributed by atoms with Crippen molar-refractivity contribution in [2.45, 2.75) is 13.8 Å². The van der Waals surface area contributed by atoms with E-state index in [2.05, 4.69) is 4.74 Å². The molecule has 0 fully saturated rings. The number of benzene rings is 1. The van der Waals surface area contributed by atoms with Crippen LogP contribution in [0.5, 0.6) is 5.75 Å². The van der Waals surface area contributed by atoms with Crippen LogP contribution in [0.3, 0.4) is 0 Å². The van der Waals surface area contributed by atoms with Gasteiger partial charge >= 0.3 is 5.97 Å². The topological polar surface area (TPSA) is 35.5 Å². The van der Waals surface area contributed by atoms with Gasteiger partial charge < -0.3 is 9.47 Å². The Balaban J connectivity index is 2.98. The maximum atomic E-state index is 11.2. The van der Waals surface area contributed by atoms with E-state index < -0.39 is 0 Å². The van der Waals surface area contributed by atoms with Crippen LogP contribution in [0.1, 0.15) is 18.1 Å². The minimum Gasteiger partial charge on any atom is -0.496 e. The van der Waals surface area contributed by atoms with Gasteiger partial charge in [0.2, 0.25) is 0 Å². The van der Waals surface area contributed by atoms with E-state index in [4.69, 9.17) is 4.74 Å². The van der Waals surface area contributed by atoms with Gasteiger partial charge in [-0.05, 0) is 43.2 Å². The Bertz CT molecular complexity index is 419. The fraction of sp³-hybridized carbons (Fsp3) is 0.308. The molecular formula is C13H16O3. The molecule has 0 aromatic heterocycles. The van der Waals surface area contributed by atoms with Crippen molar-refractivity contribution < 1.29 is 14.3 Å². The van der Waals surface area contributed by atoms with Crippen LogP contribution >= 0.6 is 0 Å². The second kappa shape index (κ2) is 5.35. The van der Waals surface area contributed by atoms with Crippen molar-refractivity contribution in [2.24, 2.45) is 0 Å². The van der Waals surface area contributed by atoms with E-state index >= 15 is 0 Å². The fourth-order valence-electron chi connectivity index (χ4n) is 1.46. The Kier molecular flexibility index (Phi) is 4.11. The number of aryl methyl sites for hydroxylation is 1. The zero-order valence-corrected chi connectivity index (χ0v) is 10.0. The lowest BCUT2D eigenvalue weighted by molar-refractivity contribution is -0.135. The van der Waals surface area contributed by atoms with Gasteiger partial charge in [-0.25, -0.2) is 4.79 Å². The van der Waals surface area contributed by atoms with Gasteiger partial charge in [-0.1, -0.05) is 6.07 Å². The highest BCUT2D eigenvalue weighted by Gasteiger charge is 2.04. The molecule has 0 spiro atoms. The summed E-state index contributed by atoms with van der Waals surface area (Å²) in [4.78, 5) is 11.2. The SMILES string of the molecule is COC(=O)/C(C)=C/c1ccc(OC)c(C)c1. The van der Waals surface area contributed by atoms with Gasteiger partial charge in [0.25, 0.3) is 0 Å². The molecule has 3 nitrogen and oxygen atoms in total. The average Bonchev–Trinajstić information content (AvgIpc) is 2.28. The molecule has 0 aliphatic heterocycles. The lowest BCUT2D eigenvalue weighted by Gasteiger charge is -2.05. The highest BCUT2D eigenvalue weighted by Crippen LogP contribution is 2.20. The Hall–Kier alpha value is -1.77. The first-order valence-corrected chi connectivity index (χ1v) is 4.99. The predicted molar refractivity (Wildman–Crippen MR) is 63.4 cm³/mol. The van der Waals surface area contributed by atoms with Crippen molar-refractivity contribution in [2.75, 3.05) is 14.2 Å². The molecular weight excluding hydrogens is 204 g/mol. The predicted octanol–water partition coefficient (Wildman–Crippen LogP) is 2.58. The van der Waals surface area contributed by atoms with Crippen molar-refractivity contribution in [3.63, 3.8) is 0 Å². The Morgan fingerprint density at radius 2 is 2.00 bits per heavy atom. The molecule has 0 atom stereocenters. The molecule has 0 amide bonds. The van der Waals surface area contributed by atoms with E-state index in [0.29, 0.717) is 5.57 Å².